The van der Waals surface area contributed by atoms with Crippen molar-refractivity contribution in [2.45, 2.75) is 19.3 Å². The summed E-state index contributed by atoms with van der Waals surface area (Å²) in [6.07, 6.45) is 4.89. The highest BCUT2D eigenvalue weighted by Crippen LogP contribution is 2.12. The van der Waals surface area contributed by atoms with Gasteiger partial charge in [-0.05, 0) is 44.0 Å². The number of rotatable bonds is 6. The molecule has 1 aromatic rings. The first-order valence-corrected chi connectivity index (χ1v) is 9.17. The average Bonchev–Trinajstić information content (AvgIpc) is 2.67. The van der Waals surface area contributed by atoms with Crippen LogP contribution >= 0.6 is 24.8 Å². The summed E-state index contributed by atoms with van der Waals surface area (Å²) >= 11 is 0. The normalized spacial score (nSPS) is 20.6. The monoisotopic (exact) mass is 403 g/mol. The second-order valence-corrected chi connectivity index (χ2v) is 6.78. The molecular formula is C18H31Cl2N5O. The van der Waals surface area contributed by atoms with E-state index >= 15 is 0 Å². The molecule has 2 aliphatic rings. The number of piperidine rings is 1. The molecule has 2 aliphatic heterocycles. The van der Waals surface area contributed by atoms with Crippen LogP contribution in [0.5, 0.6) is 0 Å². The van der Waals surface area contributed by atoms with Gasteiger partial charge < -0.3 is 15.5 Å². The Balaban J connectivity index is 0.00000169. The van der Waals surface area contributed by atoms with Crippen molar-refractivity contribution in [2.24, 2.45) is 5.92 Å². The fourth-order valence-corrected chi connectivity index (χ4v) is 3.45. The minimum absolute atomic E-state index is 0. The number of halogens is 2. The predicted octanol–water partition coefficient (Wildman–Crippen LogP) is 1.55. The lowest BCUT2D eigenvalue weighted by Gasteiger charge is -2.35. The smallest absolute Gasteiger partial charge is 0.221 e. The molecule has 0 radical (unpaired) electrons. The van der Waals surface area contributed by atoms with Crippen LogP contribution in [0.4, 0.5) is 5.82 Å². The lowest BCUT2D eigenvalue weighted by atomic mass is 10.00. The number of nitrogens with zero attached hydrogens (tertiary/aromatic N) is 3. The maximum absolute atomic E-state index is 12.0. The predicted molar refractivity (Wildman–Crippen MR) is 111 cm³/mol. The van der Waals surface area contributed by atoms with E-state index in [9.17, 15) is 4.79 Å². The molecule has 148 valence electrons. The molecule has 8 heteroatoms. The molecule has 3 rings (SSSR count). The number of pyridine rings is 1. The number of hydrogen-bond acceptors (Lipinski definition) is 5. The van der Waals surface area contributed by atoms with Gasteiger partial charge in [0.15, 0.2) is 0 Å². The Kier molecular flexibility index (Phi) is 10.9. The van der Waals surface area contributed by atoms with Crippen molar-refractivity contribution in [3.05, 3.63) is 24.4 Å². The molecule has 1 amide bonds. The van der Waals surface area contributed by atoms with Gasteiger partial charge in [-0.3, -0.25) is 9.69 Å². The maximum atomic E-state index is 12.0. The van der Waals surface area contributed by atoms with Crippen LogP contribution in [0.1, 0.15) is 19.3 Å². The standard InChI is InChI=1S/C18H29N5O.2ClH/c24-18(21-15-16-4-3-7-19-14-16)6-9-22-10-12-23(13-11-22)17-5-1-2-8-20-17;;/h1-2,5,8,16,19H,3-4,6-7,9-15H2,(H,21,24);2*1H. The third-order valence-corrected chi connectivity index (χ3v) is 4.99. The summed E-state index contributed by atoms with van der Waals surface area (Å²) in [7, 11) is 0. The lowest BCUT2D eigenvalue weighted by molar-refractivity contribution is -0.121. The van der Waals surface area contributed by atoms with Crippen LogP contribution in [-0.4, -0.2) is 68.1 Å². The van der Waals surface area contributed by atoms with Gasteiger partial charge in [0.25, 0.3) is 0 Å². The molecule has 0 aromatic carbocycles. The van der Waals surface area contributed by atoms with E-state index in [0.717, 1.165) is 58.2 Å². The van der Waals surface area contributed by atoms with Gasteiger partial charge >= 0.3 is 0 Å². The van der Waals surface area contributed by atoms with E-state index in [-0.39, 0.29) is 30.7 Å². The van der Waals surface area contributed by atoms with Crippen LogP contribution < -0.4 is 15.5 Å². The van der Waals surface area contributed by atoms with Gasteiger partial charge in [0.2, 0.25) is 5.91 Å². The van der Waals surface area contributed by atoms with Gasteiger partial charge in [-0.25, -0.2) is 4.98 Å². The van der Waals surface area contributed by atoms with Crippen LogP contribution in [0, 0.1) is 5.92 Å². The first kappa shape index (κ1) is 23.0. The Morgan fingerprint density at radius 2 is 2.04 bits per heavy atom. The number of hydrogen-bond donors (Lipinski definition) is 2. The number of anilines is 1. The zero-order valence-electron chi connectivity index (χ0n) is 15.2. The van der Waals surface area contributed by atoms with Crippen LogP contribution in [0.15, 0.2) is 24.4 Å². The zero-order chi connectivity index (χ0) is 16.6. The Labute approximate surface area is 168 Å². The van der Waals surface area contributed by atoms with Crippen LogP contribution in [-0.2, 0) is 4.79 Å². The number of aromatic nitrogens is 1. The van der Waals surface area contributed by atoms with E-state index in [1.165, 1.54) is 12.8 Å². The molecule has 0 bridgehead atoms. The topological polar surface area (TPSA) is 60.5 Å². The SMILES string of the molecule is Cl.Cl.O=C(CCN1CCN(c2ccccn2)CC1)NCC1CCCNC1. The van der Waals surface area contributed by atoms with Crippen molar-refractivity contribution in [2.75, 3.05) is 57.3 Å². The van der Waals surface area contributed by atoms with Crippen LogP contribution in [0.2, 0.25) is 0 Å². The molecule has 2 saturated heterocycles. The van der Waals surface area contributed by atoms with Crippen molar-refractivity contribution >= 4 is 36.5 Å². The van der Waals surface area contributed by atoms with Crippen molar-refractivity contribution in [3.8, 4) is 0 Å². The molecule has 1 unspecified atom stereocenters. The van der Waals surface area contributed by atoms with E-state index in [4.69, 9.17) is 0 Å². The zero-order valence-corrected chi connectivity index (χ0v) is 16.9. The Bertz CT molecular complexity index is 506. The van der Waals surface area contributed by atoms with E-state index < -0.39 is 0 Å². The van der Waals surface area contributed by atoms with Crippen LogP contribution in [0.25, 0.3) is 0 Å². The number of carbonyl (C=O) groups is 1. The summed E-state index contributed by atoms with van der Waals surface area (Å²) in [5, 5.41) is 6.49. The second-order valence-electron chi connectivity index (χ2n) is 6.78. The highest BCUT2D eigenvalue weighted by Gasteiger charge is 2.19. The van der Waals surface area contributed by atoms with Gasteiger partial charge in [-0.1, -0.05) is 6.07 Å². The fourth-order valence-electron chi connectivity index (χ4n) is 3.45. The third kappa shape index (κ3) is 7.27. The minimum atomic E-state index is 0. The lowest BCUT2D eigenvalue weighted by Crippen LogP contribution is -2.47. The van der Waals surface area contributed by atoms with Gasteiger partial charge in [-0.2, -0.15) is 0 Å². The highest BCUT2D eigenvalue weighted by molar-refractivity contribution is 5.85. The summed E-state index contributed by atoms with van der Waals surface area (Å²) in [4.78, 5) is 21.1. The Morgan fingerprint density at radius 1 is 1.23 bits per heavy atom. The van der Waals surface area contributed by atoms with Crippen molar-refractivity contribution in [1.82, 2.24) is 20.5 Å². The van der Waals surface area contributed by atoms with E-state index in [0.29, 0.717) is 12.3 Å². The Hall–Kier alpha value is -1.08. The van der Waals surface area contributed by atoms with Gasteiger partial charge in [-0.15, -0.1) is 24.8 Å². The molecule has 0 aliphatic carbocycles. The first-order chi connectivity index (χ1) is 11.8. The number of amides is 1. The fraction of sp³-hybridized carbons (Fsp3) is 0.667. The molecule has 26 heavy (non-hydrogen) atoms. The summed E-state index contributed by atoms with van der Waals surface area (Å²) < 4.78 is 0. The molecule has 1 atom stereocenters. The number of carbonyl (C=O) groups excluding carboxylic acids is 1. The number of piperazine rings is 1. The quantitative estimate of drug-likeness (QED) is 0.754. The molecule has 3 heterocycles. The highest BCUT2D eigenvalue weighted by atomic mass is 35.5. The van der Waals surface area contributed by atoms with Gasteiger partial charge in [0.05, 0.1) is 0 Å². The third-order valence-electron chi connectivity index (χ3n) is 4.99. The summed E-state index contributed by atoms with van der Waals surface area (Å²) in [5.41, 5.74) is 0. The molecular weight excluding hydrogens is 373 g/mol. The average molecular weight is 404 g/mol. The van der Waals surface area contributed by atoms with Gasteiger partial charge in [0.1, 0.15) is 5.82 Å². The molecule has 0 spiro atoms. The number of nitrogens with one attached hydrogen (secondary N) is 2. The largest absolute Gasteiger partial charge is 0.356 e. The summed E-state index contributed by atoms with van der Waals surface area (Å²) in [6, 6.07) is 6.03. The maximum Gasteiger partial charge on any atom is 0.221 e. The van der Waals surface area contributed by atoms with Crippen molar-refractivity contribution < 1.29 is 4.79 Å². The Morgan fingerprint density at radius 3 is 2.69 bits per heavy atom. The molecule has 2 fully saturated rings. The molecule has 6 nitrogen and oxygen atoms in total. The van der Waals surface area contributed by atoms with Crippen molar-refractivity contribution in [1.29, 1.82) is 0 Å². The summed E-state index contributed by atoms with van der Waals surface area (Å²) in [5.74, 6) is 1.84. The summed E-state index contributed by atoms with van der Waals surface area (Å²) in [6.45, 7) is 7.78. The van der Waals surface area contributed by atoms with Crippen LogP contribution in [0.3, 0.4) is 0 Å². The van der Waals surface area contributed by atoms with Crippen molar-refractivity contribution in [3.63, 3.8) is 0 Å². The minimum Gasteiger partial charge on any atom is -0.356 e. The first-order valence-electron chi connectivity index (χ1n) is 9.17. The van der Waals surface area contributed by atoms with E-state index in [1.54, 1.807) is 0 Å². The van der Waals surface area contributed by atoms with E-state index in [2.05, 4.69) is 31.5 Å². The van der Waals surface area contributed by atoms with E-state index in [1.807, 2.05) is 18.3 Å². The van der Waals surface area contributed by atoms with Gasteiger partial charge in [0, 0.05) is 51.9 Å². The molecule has 1 aromatic heterocycles. The molecule has 0 saturated carbocycles. The second kappa shape index (κ2) is 12.3. The molecule has 2 N–H and O–H groups in total.